The summed E-state index contributed by atoms with van der Waals surface area (Å²) in [5.74, 6) is -0.860. The zero-order chi connectivity index (χ0) is 14.5. The molecule has 1 heterocycles. The van der Waals surface area contributed by atoms with Crippen LogP contribution >= 0.6 is 11.3 Å². The Labute approximate surface area is 119 Å². The van der Waals surface area contributed by atoms with Crippen LogP contribution in [0.15, 0.2) is 35.7 Å². The van der Waals surface area contributed by atoms with Gasteiger partial charge in [-0.1, -0.05) is 6.07 Å². The van der Waals surface area contributed by atoms with Crippen molar-refractivity contribution in [1.29, 1.82) is 0 Å². The Bertz CT molecular complexity index is 618. The summed E-state index contributed by atoms with van der Waals surface area (Å²) in [6.45, 7) is -0.365. The summed E-state index contributed by atoms with van der Waals surface area (Å²) >= 11 is 1.28. The molecule has 20 heavy (non-hydrogen) atoms. The molecule has 2 aromatic rings. The Morgan fingerprint density at radius 3 is 2.75 bits per heavy atom. The third-order valence-electron chi connectivity index (χ3n) is 2.55. The molecule has 1 N–H and O–H groups in total. The lowest BCUT2D eigenvalue weighted by molar-refractivity contribution is 0.0472. The molecule has 0 atom stereocenters. The number of ether oxygens (including phenoxy) is 2. The van der Waals surface area contributed by atoms with Crippen LogP contribution < -0.4 is 4.74 Å². The largest absolute Gasteiger partial charge is 0.507 e. The van der Waals surface area contributed by atoms with Crippen molar-refractivity contribution >= 4 is 23.1 Å². The average Bonchev–Trinajstić information content (AvgIpc) is 2.99. The molecule has 6 heteroatoms. The Morgan fingerprint density at radius 1 is 1.30 bits per heavy atom. The van der Waals surface area contributed by atoms with E-state index in [0.717, 1.165) is 0 Å². The maximum Gasteiger partial charge on any atom is 0.342 e. The van der Waals surface area contributed by atoms with Crippen LogP contribution in [-0.2, 0) is 4.74 Å². The highest BCUT2D eigenvalue weighted by Crippen LogP contribution is 2.23. The Morgan fingerprint density at radius 2 is 2.10 bits per heavy atom. The SMILES string of the molecule is COc1ccc(O)c(C(=O)OCC(=O)c2cccs2)c1. The first-order valence-corrected chi connectivity index (χ1v) is 6.60. The van der Waals surface area contributed by atoms with Crippen LogP contribution in [0.2, 0.25) is 0 Å². The number of benzene rings is 1. The van der Waals surface area contributed by atoms with Gasteiger partial charge in [-0.2, -0.15) is 0 Å². The molecule has 5 nitrogen and oxygen atoms in total. The van der Waals surface area contributed by atoms with Crippen LogP contribution in [-0.4, -0.2) is 30.6 Å². The molecular formula is C14H12O5S. The van der Waals surface area contributed by atoms with Crippen LogP contribution in [0, 0.1) is 0 Å². The summed E-state index contributed by atoms with van der Waals surface area (Å²) in [6.07, 6.45) is 0. The molecule has 0 aliphatic heterocycles. The lowest BCUT2D eigenvalue weighted by Crippen LogP contribution is -2.13. The maximum absolute atomic E-state index is 11.8. The van der Waals surface area contributed by atoms with Gasteiger partial charge in [0.2, 0.25) is 5.78 Å². The molecule has 1 aromatic carbocycles. The minimum atomic E-state index is -0.772. The molecule has 0 saturated carbocycles. The fraction of sp³-hybridized carbons (Fsp3) is 0.143. The maximum atomic E-state index is 11.8. The summed E-state index contributed by atoms with van der Waals surface area (Å²) in [5.41, 5.74) is -0.0386. The molecule has 0 aliphatic carbocycles. The lowest BCUT2D eigenvalue weighted by atomic mass is 10.2. The molecule has 0 unspecified atom stereocenters. The van der Waals surface area contributed by atoms with Crippen LogP contribution in [0.4, 0.5) is 0 Å². The topological polar surface area (TPSA) is 72.8 Å². The first-order valence-electron chi connectivity index (χ1n) is 5.72. The molecular weight excluding hydrogens is 280 g/mol. The highest BCUT2D eigenvalue weighted by atomic mass is 32.1. The van der Waals surface area contributed by atoms with Crippen molar-refractivity contribution in [1.82, 2.24) is 0 Å². The fourth-order valence-corrected chi connectivity index (χ4v) is 2.17. The number of Topliss-reactive ketones (excluding diaryl/α,β-unsaturated/α-hetero) is 1. The molecule has 0 aliphatic rings. The van der Waals surface area contributed by atoms with Gasteiger partial charge in [-0.15, -0.1) is 11.3 Å². The van der Waals surface area contributed by atoms with E-state index in [1.165, 1.54) is 36.6 Å². The predicted molar refractivity (Wildman–Crippen MR) is 73.6 cm³/mol. The van der Waals surface area contributed by atoms with Crippen LogP contribution in [0.5, 0.6) is 11.5 Å². The summed E-state index contributed by atoms with van der Waals surface area (Å²) in [6, 6.07) is 7.60. The minimum Gasteiger partial charge on any atom is -0.507 e. The van der Waals surface area contributed by atoms with Gasteiger partial charge in [-0.3, -0.25) is 4.79 Å². The van der Waals surface area contributed by atoms with Crippen LogP contribution in [0.3, 0.4) is 0 Å². The Kier molecular flexibility index (Phi) is 4.37. The summed E-state index contributed by atoms with van der Waals surface area (Å²) < 4.78 is 9.86. The van der Waals surface area contributed by atoms with Crippen molar-refractivity contribution in [3.8, 4) is 11.5 Å². The number of phenols is 1. The second-order valence-electron chi connectivity index (χ2n) is 3.86. The number of ketones is 1. The molecule has 104 valence electrons. The standard InChI is InChI=1S/C14H12O5S/c1-18-9-4-5-11(15)10(7-9)14(17)19-8-12(16)13-3-2-6-20-13/h2-7,15H,8H2,1H3. The first kappa shape index (κ1) is 14.1. The molecule has 0 saturated heterocycles. The van der Waals surface area contributed by atoms with E-state index >= 15 is 0 Å². The van der Waals surface area contributed by atoms with Gasteiger partial charge in [0.1, 0.15) is 17.1 Å². The van der Waals surface area contributed by atoms with E-state index in [9.17, 15) is 14.7 Å². The number of carbonyl (C=O) groups is 2. The number of rotatable bonds is 5. The molecule has 0 spiro atoms. The number of thiophene rings is 1. The number of hydrogen-bond acceptors (Lipinski definition) is 6. The summed E-state index contributed by atoms with van der Waals surface area (Å²) in [5, 5.41) is 11.4. The summed E-state index contributed by atoms with van der Waals surface area (Å²) in [7, 11) is 1.45. The van der Waals surface area contributed by atoms with Crippen molar-refractivity contribution in [2.24, 2.45) is 0 Å². The predicted octanol–water partition coefficient (Wildman–Crippen LogP) is 2.50. The van der Waals surface area contributed by atoms with Gasteiger partial charge < -0.3 is 14.6 Å². The van der Waals surface area contributed by atoms with Gasteiger partial charge in [-0.05, 0) is 29.6 Å². The molecule has 0 amide bonds. The Hall–Kier alpha value is -2.34. The fourth-order valence-electron chi connectivity index (χ4n) is 1.52. The van der Waals surface area contributed by atoms with E-state index in [2.05, 4.69) is 0 Å². The lowest BCUT2D eigenvalue weighted by Gasteiger charge is -2.07. The normalized spacial score (nSPS) is 10.1. The minimum absolute atomic E-state index is 0.0386. The van der Waals surface area contributed by atoms with Gasteiger partial charge in [0, 0.05) is 0 Å². The van der Waals surface area contributed by atoms with E-state index in [0.29, 0.717) is 10.6 Å². The van der Waals surface area contributed by atoms with Gasteiger partial charge in [0.05, 0.1) is 12.0 Å². The molecule has 0 radical (unpaired) electrons. The van der Waals surface area contributed by atoms with Crippen molar-refractivity contribution in [3.63, 3.8) is 0 Å². The molecule has 0 bridgehead atoms. The van der Waals surface area contributed by atoms with E-state index in [4.69, 9.17) is 9.47 Å². The zero-order valence-corrected chi connectivity index (χ0v) is 11.5. The zero-order valence-electron chi connectivity index (χ0n) is 10.7. The number of phenolic OH excluding ortho intramolecular Hbond substituents is 1. The second-order valence-corrected chi connectivity index (χ2v) is 4.81. The number of methoxy groups -OCH3 is 1. The van der Waals surface area contributed by atoms with E-state index in [-0.39, 0.29) is 23.7 Å². The highest BCUT2D eigenvalue weighted by Gasteiger charge is 2.16. The monoisotopic (exact) mass is 292 g/mol. The quantitative estimate of drug-likeness (QED) is 0.677. The van der Waals surface area contributed by atoms with E-state index in [1.807, 2.05) is 0 Å². The Balaban J connectivity index is 2.03. The second kappa shape index (κ2) is 6.21. The number of esters is 1. The van der Waals surface area contributed by atoms with Crippen molar-refractivity contribution < 1.29 is 24.2 Å². The number of hydrogen-bond donors (Lipinski definition) is 1. The van der Waals surface area contributed by atoms with Crippen molar-refractivity contribution in [3.05, 3.63) is 46.2 Å². The van der Waals surface area contributed by atoms with Gasteiger partial charge >= 0.3 is 5.97 Å². The van der Waals surface area contributed by atoms with Crippen LogP contribution in [0.25, 0.3) is 0 Å². The van der Waals surface area contributed by atoms with E-state index in [1.54, 1.807) is 17.5 Å². The number of aromatic hydroxyl groups is 1. The first-order chi connectivity index (χ1) is 9.61. The molecule has 1 aromatic heterocycles. The van der Waals surface area contributed by atoms with Crippen LogP contribution in [0.1, 0.15) is 20.0 Å². The van der Waals surface area contributed by atoms with Gasteiger partial charge in [-0.25, -0.2) is 4.79 Å². The van der Waals surface area contributed by atoms with Crippen molar-refractivity contribution in [2.45, 2.75) is 0 Å². The third-order valence-corrected chi connectivity index (χ3v) is 3.46. The molecule has 2 rings (SSSR count). The highest BCUT2D eigenvalue weighted by molar-refractivity contribution is 7.12. The smallest absolute Gasteiger partial charge is 0.342 e. The third kappa shape index (κ3) is 3.16. The summed E-state index contributed by atoms with van der Waals surface area (Å²) in [4.78, 5) is 24.0. The van der Waals surface area contributed by atoms with Gasteiger partial charge in [0.25, 0.3) is 0 Å². The molecule has 0 fully saturated rings. The average molecular weight is 292 g/mol. The number of carbonyl (C=O) groups excluding carboxylic acids is 2. The van der Waals surface area contributed by atoms with E-state index < -0.39 is 5.97 Å². The van der Waals surface area contributed by atoms with Gasteiger partial charge in [0.15, 0.2) is 6.61 Å². The van der Waals surface area contributed by atoms with Crippen molar-refractivity contribution in [2.75, 3.05) is 13.7 Å².